The average molecular weight is 400 g/mol. The standard InChI is InChI=1S/C19H27F3N4O2/c1-14-6-5-11-26(13-14)17(27)9-10-24-18(23-2)25-12-15-7-3-4-8-16(15)28-19(20,21)22/h3-4,7-8,14H,5-6,9-13H2,1-2H3,(H2,23,24,25). The van der Waals surface area contributed by atoms with E-state index in [1.165, 1.54) is 12.1 Å². The van der Waals surface area contributed by atoms with E-state index in [0.717, 1.165) is 25.9 Å². The lowest BCUT2D eigenvalue weighted by atomic mass is 10.00. The van der Waals surface area contributed by atoms with Crippen molar-refractivity contribution >= 4 is 11.9 Å². The molecule has 1 heterocycles. The molecule has 0 radical (unpaired) electrons. The maximum absolute atomic E-state index is 12.5. The summed E-state index contributed by atoms with van der Waals surface area (Å²) < 4.78 is 41.5. The summed E-state index contributed by atoms with van der Waals surface area (Å²) in [6.07, 6.45) is -2.23. The molecule has 2 rings (SSSR count). The van der Waals surface area contributed by atoms with Gasteiger partial charge in [-0.25, -0.2) is 0 Å². The van der Waals surface area contributed by atoms with Crippen LogP contribution in [0.5, 0.6) is 5.75 Å². The topological polar surface area (TPSA) is 66.0 Å². The second-order valence-corrected chi connectivity index (χ2v) is 6.85. The zero-order valence-electron chi connectivity index (χ0n) is 16.2. The normalized spacial score (nSPS) is 18.0. The molecule has 28 heavy (non-hydrogen) atoms. The highest BCUT2D eigenvalue weighted by Gasteiger charge is 2.32. The van der Waals surface area contributed by atoms with Crippen LogP contribution in [0.2, 0.25) is 0 Å². The van der Waals surface area contributed by atoms with Crippen molar-refractivity contribution in [2.75, 3.05) is 26.7 Å². The Balaban J connectivity index is 1.80. The van der Waals surface area contributed by atoms with E-state index in [4.69, 9.17) is 0 Å². The molecule has 1 aliphatic heterocycles. The predicted octanol–water partition coefficient (Wildman–Crippen LogP) is 2.90. The molecule has 0 saturated carbocycles. The Labute approximate surface area is 163 Å². The summed E-state index contributed by atoms with van der Waals surface area (Å²) in [7, 11) is 1.56. The largest absolute Gasteiger partial charge is 0.573 e. The molecule has 2 N–H and O–H groups in total. The predicted molar refractivity (Wildman–Crippen MR) is 101 cm³/mol. The van der Waals surface area contributed by atoms with Gasteiger partial charge >= 0.3 is 6.36 Å². The monoisotopic (exact) mass is 400 g/mol. The number of hydrogen-bond donors (Lipinski definition) is 2. The number of piperidine rings is 1. The molecule has 156 valence electrons. The molecule has 6 nitrogen and oxygen atoms in total. The van der Waals surface area contributed by atoms with E-state index in [-0.39, 0.29) is 18.2 Å². The summed E-state index contributed by atoms with van der Waals surface area (Å²) in [5.41, 5.74) is 0.348. The number of hydrogen-bond acceptors (Lipinski definition) is 3. The smallest absolute Gasteiger partial charge is 0.405 e. The van der Waals surface area contributed by atoms with Gasteiger partial charge in [0, 0.05) is 45.2 Å². The van der Waals surface area contributed by atoms with E-state index in [9.17, 15) is 18.0 Å². The Morgan fingerprint density at radius 2 is 2.07 bits per heavy atom. The van der Waals surface area contributed by atoms with Crippen LogP contribution in [0.25, 0.3) is 0 Å². The number of aliphatic imine (C=N–C) groups is 1. The van der Waals surface area contributed by atoms with Crippen molar-refractivity contribution in [2.45, 2.75) is 39.1 Å². The Hall–Kier alpha value is -2.45. The maximum Gasteiger partial charge on any atom is 0.573 e. The third kappa shape index (κ3) is 7.28. The van der Waals surface area contributed by atoms with Gasteiger partial charge in [-0.3, -0.25) is 9.79 Å². The van der Waals surface area contributed by atoms with Crippen molar-refractivity contribution in [3.8, 4) is 5.75 Å². The zero-order chi connectivity index (χ0) is 20.6. The van der Waals surface area contributed by atoms with Gasteiger partial charge < -0.3 is 20.3 Å². The number of likely N-dealkylation sites (tertiary alicyclic amines) is 1. The number of amides is 1. The first-order valence-electron chi connectivity index (χ1n) is 9.34. The molecule has 1 aromatic rings. The molecule has 9 heteroatoms. The quantitative estimate of drug-likeness (QED) is 0.569. The molecule has 1 fully saturated rings. The molecule has 1 unspecified atom stereocenters. The summed E-state index contributed by atoms with van der Waals surface area (Å²) >= 11 is 0. The molecule has 1 saturated heterocycles. The van der Waals surface area contributed by atoms with Crippen LogP contribution in [-0.2, 0) is 11.3 Å². The summed E-state index contributed by atoms with van der Waals surface area (Å²) in [6, 6.07) is 5.92. The number of guanidine groups is 1. The van der Waals surface area contributed by atoms with Crippen LogP contribution in [0.15, 0.2) is 29.3 Å². The number of carbonyl (C=O) groups excluding carboxylic acids is 1. The summed E-state index contributed by atoms with van der Waals surface area (Å²) in [5.74, 6) is 0.770. The van der Waals surface area contributed by atoms with Gasteiger partial charge in [0.15, 0.2) is 5.96 Å². The van der Waals surface area contributed by atoms with Crippen LogP contribution in [-0.4, -0.2) is 49.8 Å². The fraction of sp³-hybridized carbons (Fsp3) is 0.579. The van der Waals surface area contributed by atoms with Crippen LogP contribution in [0.4, 0.5) is 13.2 Å². The molecular weight excluding hydrogens is 373 g/mol. The van der Waals surface area contributed by atoms with Crippen LogP contribution in [0.3, 0.4) is 0 Å². The Kier molecular flexibility index (Phi) is 7.95. The van der Waals surface area contributed by atoms with E-state index in [0.29, 0.717) is 30.4 Å². The molecule has 1 aliphatic rings. The van der Waals surface area contributed by atoms with Crippen LogP contribution < -0.4 is 15.4 Å². The van der Waals surface area contributed by atoms with Crippen molar-refractivity contribution in [3.63, 3.8) is 0 Å². The summed E-state index contributed by atoms with van der Waals surface area (Å²) in [5, 5.41) is 5.96. The second kappa shape index (κ2) is 10.2. The first-order chi connectivity index (χ1) is 13.3. The van der Waals surface area contributed by atoms with Gasteiger partial charge in [-0.2, -0.15) is 0 Å². The van der Waals surface area contributed by atoms with Crippen molar-refractivity contribution in [3.05, 3.63) is 29.8 Å². The number of ether oxygens (including phenoxy) is 1. The minimum absolute atomic E-state index is 0.0958. The van der Waals surface area contributed by atoms with Gasteiger partial charge in [-0.1, -0.05) is 25.1 Å². The number of rotatable bonds is 6. The minimum Gasteiger partial charge on any atom is -0.405 e. The average Bonchev–Trinajstić information content (AvgIpc) is 2.64. The van der Waals surface area contributed by atoms with Crippen LogP contribution in [0.1, 0.15) is 31.7 Å². The van der Waals surface area contributed by atoms with Gasteiger partial charge in [0.2, 0.25) is 5.91 Å². The van der Waals surface area contributed by atoms with Gasteiger partial charge in [-0.15, -0.1) is 13.2 Å². The fourth-order valence-electron chi connectivity index (χ4n) is 3.14. The number of nitrogens with zero attached hydrogens (tertiary/aromatic N) is 2. The number of benzene rings is 1. The third-order valence-electron chi connectivity index (χ3n) is 4.51. The Morgan fingerprint density at radius 3 is 2.75 bits per heavy atom. The van der Waals surface area contributed by atoms with Crippen molar-refractivity contribution in [1.82, 2.24) is 15.5 Å². The molecular formula is C19H27F3N4O2. The number of halogens is 3. The number of carbonyl (C=O) groups is 1. The number of nitrogens with one attached hydrogen (secondary N) is 2. The minimum atomic E-state index is -4.75. The first kappa shape index (κ1) is 21.8. The van der Waals surface area contributed by atoms with Gasteiger partial charge in [0.05, 0.1) is 0 Å². The SMILES string of the molecule is CN=C(NCCC(=O)N1CCCC(C)C1)NCc1ccccc1OC(F)(F)F. The zero-order valence-corrected chi connectivity index (χ0v) is 16.2. The molecule has 1 aromatic carbocycles. The Morgan fingerprint density at radius 1 is 1.32 bits per heavy atom. The highest BCUT2D eigenvalue weighted by atomic mass is 19.4. The Bertz CT molecular complexity index is 679. The van der Waals surface area contributed by atoms with E-state index < -0.39 is 6.36 Å². The first-order valence-corrected chi connectivity index (χ1v) is 9.34. The summed E-state index contributed by atoms with van der Waals surface area (Å²) in [4.78, 5) is 18.2. The van der Waals surface area contributed by atoms with Crippen molar-refractivity contribution in [1.29, 1.82) is 0 Å². The molecule has 1 amide bonds. The molecule has 1 atom stereocenters. The fourth-order valence-corrected chi connectivity index (χ4v) is 3.14. The highest BCUT2D eigenvalue weighted by molar-refractivity contribution is 5.81. The lowest BCUT2D eigenvalue weighted by Gasteiger charge is -2.31. The highest BCUT2D eigenvalue weighted by Crippen LogP contribution is 2.26. The lowest BCUT2D eigenvalue weighted by Crippen LogP contribution is -2.42. The van der Waals surface area contributed by atoms with E-state index in [1.807, 2.05) is 4.90 Å². The third-order valence-corrected chi connectivity index (χ3v) is 4.51. The molecule has 0 aromatic heterocycles. The summed E-state index contributed by atoms with van der Waals surface area (Å²) in [6.45, 7) is 4.23. The number of para-hydroxylation sites is 1. The van der Waals surface area contributed by atoms with E-state index in [1.54, 1.807) is 19.2 Å². The van der Waals surface area contributed by atoms with E-state index in [2.05, 4.69) is 27.3 Å². The van der Waals surface area contributed by atoms with E-state index >= 15 is 0 Å². The van der Waals surface area contributed by atoms with Gasteiger partial charge in [-0.05, 0) is 24.8 Å². The lowest BCUT2D eigenvalue weighted by molar-refractivity contribution is -0.274. The van der Waals surface area contributed by atoms with Crippen LogP contribution in [0, 0.1) is 5.92 Å². The van der Waals surface area contributed by atoms with Crippen molar-refractivity contribution in [2.24, 2.45) is 10.9 Å². The van der Waals surface area contributed by atoms with Gasteiger partial charge in [0.1, 0.15) is 5.75 Å². The second-order valence-electron chi connectivity index (χ2n) is 6.85. The van der Waals surface area contributed by atoms with Crippen molar-refractivity contribution < 1.29 is 22.7 Å². The maximum atomic E-state index is 12.5. The molecule has 0 bridgehead atoms. The van der Waals surface area contributed by atoms with Gasteiger partial charge in [0.25, 0.3) is 0 Å². The van der Waals surface area contributed by atoms with Crippen LogP contribution >= 0.6 is 0 Å². The number of alkyl halides is 3. The molecule has 0 spiro atoms. The molecule has 0 aliphatic carbocycles.